The van der Waals surface area contributed by atoms with E-state index in [1.54, 1.807) is 23.8 Å². The lowest BCUT2D eigenvalue weighted by atomic mass is 9.78. The minimum absolute atomic E-state index is 0.329. The molecule has 0 N–H and O–H groups in total. The monoisotopic (exact) mass is 352 g/mol. The predicted octanol–water partition coefficient (Wildman–Crippen LogP) is 3.50. The molecule has 0 unspecified atom stereocenters. The second-order valence-corrected chi connectivity index (χ2v) is 7.32. The number of hydrogen-bond donors (Lipinski definition) is 0. The molecule has 0 saturated carbocycles. The summed E-state index contributed by atoms with van der Waals surface area (Å²) >= 11 is 0. The summed E-state index contributed by atoms with van der Waals surface area (Å²) in [4.78, 5) is 4.08. The van der Waals surface area contributed by atoms with E-state index >= 15 is 0 Å². The summed E-state index contributed by atoms with van der Waals surface area (Å²) < 4.78 is 53.4. The molecule has 1 saturated heterocycles. The van der Waals surface area contributed by atoms with Crippen LogP contribution < -0.4 is 5.46 Å². The predicted molar refractivity (Wildman–Crippen MR) is 89.0 cm³/mol. The van der Waals surface area contributed by atoms with Gasteiger partial charge in [-0.25, -0.2) is 4.98 Å². The zero-order valence-corrected chi connectivity index (χ0v) is 14.8. The molecule has 0 radical (unpaired) electrons. The van der Waals surface area contributed by atoms with E-state index in [4.69, 9.17) is 9.31 Å². The molecule has 8 heteroatoms. The van der Waals surface area contributed by atoms with Crippen molar-refractivity contribution in [3.05, 3.63) is 42.0 Å². The molecule has 4 nitrogen and oxygen atoms in total. The summed E-state index contributed by atoms with van der Waals surface area (Å²) in [5, 5.41) is 0. The smallest absolute Gasteiger partial charge is 0.399 e. The van der Waals surface area contributed by atoms with Crippen molar-refractivity contribution in [2.75, 3.05) is 0 Å². The molecule has 0 atom stereocenters. The van der Waals surface area contributed by atoms with Crippen LogP contribution in [0.25, 0.3) is 5.69 Å². The van der Waals surface area contributed by atoms with Gasteiger partial charge < -0.3 is 13.9 Å². The zero-order chi connectivity index (χ0) is 18.6. The summed E-state index contributed by atoms with van der Waals surface area (Å²) in [6.45, 7) is 9.22. The van der Waals surface area contributed by atoms with Crippen LogP contribution in [-0.2, 0) is 15.5 Å². The van der Waals surface area contributed by atoms with E-state index in [0.29, 0.717) is 11.2 Å². The summed E-state index contributed by atoms with van der Waals surface area (Å²) in [6.07, 6.45) is -1.31. The molecule has 2 heterocycles. The fourth-order valence-corrected chi connectivity index (χ4v) is 2.63. The second-order valence-electron chi connectivity index (χ2n) is 7.32. The molecule has 1 fully saturated rings. The molecule has 2 aromatic rings. The quantitative estimate of drug-likeness (QED) is 0.777. The Hall–Kier alpha value is -1.80. The molecule has 1 aliphatic heterocycles. The van der Waals surface area contributed by atoms with Gasteiger partial charge in [0.15, 0.2) is 0 Å². The van der Waals surface area contributed by atoms with E-state index < -0.39 is 30.1 Å². The third kappa shape index (κ3) is 3.33. The molecule has 0 spiro atoms. The van der Waals surface area contributed by atoms with Gasteiger partial charge in [0.05, 0.1) is 28.8 Å². The molecule has 1 aromatic heterocycles. The van der Waals surface area contributed by atoms with Crippen LogP contribution in [0.2, 0.25) is 0 Å². The van der Waals surface area contributed by atoms with Gasteiger partial charge in [-0.2, -0.15) is 13.2 Å². The topological polar surface area (TPSA) is 36.3 Å². The van der Waals surface area contributed by atoms with Gasteiger partial charge in [-0.05, 0) is 52.2 Å². The number of nitrogens with zero attached hydrogens (tertiary/aromatic N) is 2. The van der Waals surface area contributed by atoms with Gasteiger partial charge in [0.25, 0.3) is 0 Å². The second kappa shape index (κ2) is 5.61. The van der Waals surface area contributed by atoms with Crippen LogP contribution >= 0.6 is 0 Å². The highest BCUT2D eigenvalue weighted by Crippen LogP contribution is 2.37. The van der Waals surface area contributed by atoms with E-state index in [-0.39, 0.29) is 0 Å². The maximum atomic E-state index is 13.4. The molecule has 0 bridgehead atoms. The van der Waals surface area contributed by atoms with E-state index in [1.807, 2.05) is 27.7 Å². The van der Waals surface area contributed by atoms with E-state index in [9.17, 15) is 13.2 Å². The van der Waals surface area contributed by atoms with Crippen molar-refractivity contribution in [2.24, 2.45) is 0 Å². The number of aryl methyl sites for hydroxylation is 1. The van der Waals surface area contributed by atoms with Crippen molar-refractivity contribution in [3.63, 3.8) is 0 Å². The first-order chi connectivity index (χ1) is 11.4. The Kier molecular flexibility index (Phi) is 4.04. The summed E-state index contributed by atoms with van der Waals surface area (Å²) in [5.41, 5.74) is -0.597. The maximum absolute atomic E-state index is 13.4. The van der Waals surface area contributed by atoms with Gasteiger partial charge in [0.2, 0.25) is 0 Å². The van der Waals surface area contributed by atoms with Gasteiger partial charge in [0.1, 0.15) is 0 Å². The van der Waals surface area contributed by atoms with Gasteiger partial charge in [-0.3, -0.25) is 0 Å². The van der Waals surface area contributed by atoms with Crippen LogP contribution in [0.15, 0.2) is 30.7 Å². The first kappa shape index (κ1) is 18.0. The lowest BCUT2D eigenvalue weighted by Crippen LogP contribution is -2.41. The van der Waals surface area contributed by atoms with Crippen LogP contribution in [0.5, 0.6) is 0 Å². The van der Waals surface area contributed by atoms with Crippen LogP contribution in [0, 0.1) is 6.92 Å². The number of rotatable bonds is 2. The fourth-order valence-electron chi connectivity index (χ4n) is 2.63. The number of benzene rings is 1. The first-order valence-electron chi connectivity index (χ1n) is 7.98. The van der Waals surface area contributed by atoms with Crippen LogP contribution in [0.4, 0.5) is 13.2 Å². The van der Waals surface area contributed by atoms with Crippen molar-refractivity contribution < 1.29 is 22.5 Å². The summed E-state index contributed by atoms with van der Waals surface area (Å²) in [7, 11) is -0.865. The minimum Gasteiger partial charge on any atom is -0.399 e. The maximum Gasteiger partial charge on any atom is 0.494 e. The van der Waals surface area contributed by atoms with Gasteiger partial charge in [-0.1, -0.05) is 6.07 Å². The average molecular weight is 352 g/mol. The Labute approximate surface area is 145 Å². The number of aromatic nitrogens is 2. The molecule has 1 aliphatic rings. The molecule has 25 heavy (non-hydrogen) atoms. The Morgan fingerprint density at radius 1 is 1.04 bits per heavy atom. The van der Waals surface area contributed by atoms with Gasteiger partial charge in [0, 0.05) is 11.9 Å². The van der Waals surface area contributed by atoms with E-state index in [0.717, 1.165) is 17.8 Å². The molecule has 134 valence electrons. The molecular weight excluding hydrogens is 332 g/mol. The molecule has 1 aromatic carbocycles. The van der Waals surface area contributed by atoms with Crippen molar-refractivity contribution in [2.45, 2.75) is 52.0 Å². The Morgan fingerprint density at radius 3 is 2.12 bits per heavy atom. The Morgan fingerprint density at radius 2 is 1.64 bits per heavy atom. The molecule has 0 aliphatic carbocycles. The van der Waals surface area contributed by atoms with Crippen LogP contribution in [-0.4, -0.2) is 27.9 Å². The van der Waals surface area contributed by atoms with E-state index in [1.165, 1.54) is 6.33 Å². The number of hydrogen-bond acceptors (Lipinski definition) is 3. The third-order valence-corrected chi connectivity index (χ3v) is 4.80. The normalized spacial score (nSPS) is 19.4. The average Bonchev–Trinajstić information content (AvgIpc) is 2.99. The Bertz CT molecular complexity index is 783. The minimum atomic E-state index is -4.47. The van der Waals surface area contributed by atoms with Crippen molar-refractivity contribution >= 4 is 12.6 Å². The zero-order valence-electron chi connectivity index (χ0n) is 14.8. The molecular formula is C17H20BF3N2O2. The highest BCUT2D eigenvalue weighted by atomic mass is 19.4. The number of halogens is 3. The van der Waals surface area contributed by atoms with Crippen molar-refractivity contribution in [1.82, 2.24) is 9.55 Å². The summed E-state index contributed by atoms with van der Waals surface area (Å²) in [6, 6.07) is 3.81. The highest BCUT2D eigenvalue weighted by molar-refractivity contribution is 6.62. The molecule has 0 amide bonds. The molecule has 3 rings (SSSR count). The van der Waals surface area contributed by atoms with Crippen LogP contribution in [0.3, 0.4) is 0 Å². The Balaban J connectivity index is 2.08. The van der Waals surface area contributed by atoms with Crippen LogP contribution in [0.1, 0.15) is 39.0 Å². The fraction of sp³-hybridized carbons (Fsp3) is 0.471. The van der Waals surface area contributed by atoms with Gasteiger partial charge in [-0.15, -0.1) is 0 Å². The number of alkyl halides is 3. The SMILES string of the molecule is Cc1cn(-c2cc(B3OC(C)(C)C(C)(C)O3)cc(C(F)(F)F)c2)cn1. The summed E-state index contributed by atoms with van der Waals surface area (Å²) in [5.74, 6) is 0. The van der Waals surface area contributed by atoms with Crippen molar-refractivity contribution in [3.8, 4) is 5.69 Å². The van der Waals surface area contributed by atoms with Gasteiger partial charge >= 0.3 is 13.3 Å². The highest BCUT2D eigenvalue weighted by Gasteiger charge is 2.52. The van der Waals surface area contributed by atoms with E-state index in [2.05, 4.69) is 4.98 Å². The largest absolute Gasteiger partial charge is 0.494 e. The van der Waals surface area contributed by atoms with Crippen molar-refractivity contribution in [1.29, 1.82) is 0 Å². The lowest BCUT2D eigenvalue weighted by molar-refractivity contribution is -0.137. The third-order valence-electron chi connectivity index (χ3n) is 4.80. The number of imidazole rings is 1. The first-order valence-corrected chi connectivity index (χ1v) is 7.98. The lowest BCUT2D eigenvalue weighted by Gasteiger charge is -2.32. The standard InChI is InChI=1S/C17H20BF3N2O2/c1-11-9-23(10-22-11)14-7-12(17(19,20)21)6-13(8-14)18-24-15(2,3)16(4,5)25-18/h6-10H,1-5H3.